The Morgan fingerprint density at radius 3 is 2.17 bits per heavy atom. The number of benzene rings is 3. The Kier molecular flexibility index (Phi) is 12.1. The minimum Gasteiger partial charge on any atom is -0.324 e. The molecule has 4 aromatic rings. The summed E-state index contributed by atoms with van der Waals surface area (Å²) >= 11 is 6.21. The van der Waals surface area contributed by atoms with E-state index < -0.39 is 33.4 Å². The zero-order chi connectivity index (χ0) is 34.9. The molecular weight excluding hydrogens is 669 g/mol. The van der Waals surface area contributed by atoms with Crippen LogP contribution in [0.1, 0.15) is 52.5 Å². The van der Waals surface area contributed by atoms with E-state index in [4.69, 9.17) is 11.6 Å². The highest BCUT2D eigenvalue weighted by Gasteiger charge is 2.31. The molecule has 1 heterocycles. The number of anilines is 4. The zero-order valence-electron chi connectivity index (χ0n) is 26.1. The highest BCUT2D eigenvalue weighted by molar-refractivity contribution is 7.91. The number of nitrogens with zero attached hydrogens (tertiary/aromatic N) is 3. The fourth-order valence-electron chi connectivity index (χ4n) is 4.53. The minimum absolute atomic E-state index is 0.0146. The van der Waals surface area contributed by atoms with Crippen LogP contribution in [0.15, 0.2) is 84.0 Å². The number of carbonyl (C=O) groups is 2. The van der Waals surface area contributed by atoms with Gasteiger partial charge in [-0.25, -0.2) is 18.4 Å². The number of hydrogen-bond donors (Lipinski definition) is 3. The molecule has 0 aliphatic heterocycles. The van der Waals surface area contributed by atoms with Crippen LogP contribution in [0.25, 0.3) is 0 Å². The summed E-state index contributed by atoms with van der Waals surface area (Å²) < 4.78 is 64.6. The van der Waals surface area contributed by atoms with E-state index in [1.54, 1.807) is 12.1 Å². The second-order valence-corrected chi connectivity index (χ2v) is 13.5. The number of carbonyl (C=O) groups excluding carboxylic acids is 2. The summed E-state index contributed by atoms with van der Waals surface area (Å²) in [4.78, 5) is 36.3. The fourth-order valence-corrected chi connectivity index (χ4v) is 6.03. The van der Waals surface area contributed by atoms with E-state index in [-0.39, 0.29) is 44.1 Å². The molecule has 1 aromatic heterocycles. The second-order valence-electron chi connectivity index (χ2n) is 11.0. The number of aromatic nitrogens is 2. The lowest BCUT2D eigenvalue weighted by atomic mass is 10.1. The van der Waals surface area contributed by atoms with E-state index >= 15 is 0 Å². The summed E-state index contributed by atoms with van der Waals surface area (Å²) in [6.45, 7) is 3.76. The van der Waals surface area contributed by atoms with Gasteiger partial charge in [-0.1, -0.05) is 31.0 Å². The van der Waals surface area contributed by atoms with Gasteiger partial charge in [0.15, 0.2) is 9.84 Å². The molecule has 0 bridgehead atoms. The molecule has 0 atom stereocenters. The average Bonchev–Trinajstić information content (AvgIpc) is 3.05. The third kappa shape index (κ3) is 10.2. The summed E-state index contributed by atoms with van der Waals surface area (Å²) in [5.74, 6) is -1.21. The van der Waals surface area contributed by atoms with Crippen LogP contribution in [-0.4, -0.2) is 61.0 Å². The van der Waals surface area contributed by atoms with Crippen LogP contribution < -0.4 is 16.0 Å². The molecule has 10 nitrogen and oxygen atoms in total. The standard InChI is InChI=1S/C33H34ClF3N6O4S/c1-3-4-15-43(2)16-6-17-48(46,47)27-12-9-24(10-13-27)42-32-38-20-26(21-39-32)41-31(45)28-19-25(11-14-29(28)34)40-30(44)22-7-5-8-23(18-22)33(35,36)37/h5,7-14,18-21H,3-4,6,15-17H2,1-2H3,(H,40,44)(H,41,45)(H,38,39,42). The van der Waals surface area contributed by atoms with Crippen LogP contribution in [0, 0.1) is 0 Å². The Hall–Kier alpha value is -4.53. The third-order valence-corrected chi connectivity index (χ3v) is 9.29. The van der Waals surface area contributed by atoms with E-state index in [1.807, 2.05) is 7.05 Å². The summed E-state index contributed by atoms with van der Waals surface area (Å²) in [5, 5.41) is 8.11. The van der Waals surface area contributed by atoms with Crippen molar-refractivity contribution >= 4 is 56.3 Å². The lowest BCUT2D eigenvalue weighted by Crippen LogP contribution is -2.23. The van der Waals surface area contributed by atoms with Crippen LogP contribution in [0.5, 0.6) is 0 Å². The zero-order valence-corrected chi connectivity index (χ0v) is 27.7. The van der Waals surface area contributed by atoms with E-state index in [1.165, 1.54) is 48.8 Å². The molecule has 4 rings (SSSR count). The first-order valence-electron chi connectivity index (χ1n) is 14.9. The molecule has 2 amide bonds. The molecule has 0 saturated heterocycles. The summed E-state index contributed by atoms with van der Waals surface area (Å²) in [6, 6.07) is 14.3. The molecule has 0 radical (unpaired) electrons. The molecule has 0 saturated carbocycles. The molecule has 0 unspecified atom stereocenters. The molecule has 3 N–H and O–H groups in total. The van der Waals surface area contributed by atoms with Crippen molar-refractivity contribution in [1.82, 2.24) is 14.9 Å². The van der Waals surface area contributed by atoms with Gasteiger partial charge in [-0.3, -0.25) is 9.59 Å². The molecule has 15 heteroatoms. The molecule has 48 heavy (non-hydrogen) atoms. The Morgan fingerprint density at radius 2 is 1.50 bits per heavy atom. The molecule has 0 aliphatic carbocycles. The van der Waals surface area contributed by atoms with E-state index in [0.717, 1.165) is 37.6 Å². The van der Waals surface area contributed by atoms with Gasteiger partial charge in [0.25, 0.3) is 11.8 Å². The summed E-state index contributed by atoms with van der Waals surface area (Å²) in [7, 11) is -1.44. The molecule has 0 fully saturated rings. The van der Waals surface area contributed by atoms with Gasteiger partial charge >= 0.3 is 6.18 Å². The number of hydrogen-bond acceptors (Lipinski definition) is 8. The van der Waals surface area contributed by atoms with Crippen LogP contribution in [0.3, 0.4) is 0 Å². The second kappa shape index (κ2) is 16.0. The van der Waals surface area contributed by atoms with E-state index in [9.17, 15) is 31.2 Å². The van der Waals surface area contributed by atoms with Gasteiger partial charge in [0.1, 0.15) is 0 Å². The lowest BCUT2D eigenvalue weighted by molar-refractivity contribution is -0.137. The third-order valence-electron chi connectivity index (χ3n) is 7.15. The maximum Gasteiger partial charge on any atom is 0.416 e. The van der Waals surface area contributed by atoms with Crippen molar-refractivity contribution in [2.24, 2.45) is 0 Å². The molecule has 3 aromatic carbocycles. The largest absolute Gasteiger partial charge is 0.416 e. The number of nitrogens with one attached hydrogen (secondary N) is 3. The summed E-state index contributed by atoms with van der Waals surface area (Å²) in [6.07, 6.45) is 0.777. The van der Waals surface area contributed by atoms with Crippen LogP contribution >= 0.6 is 11.6 Å². The van der Waals surface area contributed by atoms with Crippen molar-refractivity contribution in [2.45, 2.75) is 37.3 Å². The van der Waals surface area contributed by atoms with Crippen molar-refractivity contribution in [3.05, 3.63) is 101 Å². The fraction of sp³-hybridized carbons (Fsp3) is 0.273. The van der Waals surface area contributed by atoms with Crippen molar-refractivity contribution in [1.29, 1.82) is 0 Å². The Bertz CT molecular complexity index is 1840. The molecule has 0 spiro atoms. The number of amides is 2. The average molecular weight is 703 g/mol. The van der Waals surface area contributed by atoms with Gasteiger partial charge in [0, 0.05) is 16.9 Å². The SMILES string of the molecule is CCCCN(C)CCCS(=O)(=O)c1ccc(Nc2ncc(NC(=O)c3cc(NC(=O)c4cccc(C(F)(F)F)c4)ccc3Cl)cn2)cc1. The topological polar surface area (TPSA) is 133 Å². The van der Waals surface area contributed by atoms with Crippen molar-refractivity contribution < 1.29 is 31.2 Å². The van der Waals surface area contributed by atoms with E-state index in [2.05, 4.69) is 37.7 Å². The maximum atomic E-state index is 13.0. The number of alkyl halides is 3. The van der Waals surface area contributed by atoms with Gasteiger partial charge in [-0.2, -0.15) is 13.2 Å². The highest BCUT2D eigenvalue weighted by Crippen LogP contribution is 2.30. The first-order chi connectivity index (χ1) is 22.7. The number of halogens is 4. The van der Waals surface area contributed by atoms with Crippen LogP contribution in [0.4, 0.5) is 36.2 Å². The van der Waals surface area contributed by atoms with Crippen LogP contribution in [0.2, 0.25) is 5.02 Å². The first kappa shape index (κ1) is 36.3. The number of unbranched alkanes of at least 4 members (excludes halogenated alkanes) is 1. The number of sulfone groups is 1. The normalized spacial score (nSPS) is 11.7. The van der Waals surface area contributed by atoms with Gasteiger partial charge in [-0.15, -0.1) is 0 Å². The quantitative estimate of drug-likeness (QED) is 0.125. The first-order valence-corrected chi connectivity index (χ1v) is 17.0. The van der Waals surface area contributed by atoms with Crippen molar-refractivity contribution in [3.63, 3.8) is 0 Å². The van der Waals surface area contributed by atoms with Crippen molar-refractivity contribution in [3.8, 4) is 0 Å². The Balaban J connectivity index is 1.33. The maximum absolute atomic E-state index is 13.0. The Morgan fingerprint density at radius 1 is 0.854 bits per heavy atom. The summed E-state index contributed by atoms with van der Waals surface area (Å²) in [5.41, 5.74) is -0.279. The van der Waals surface area contributed by atoms with Crippen LogP contribution in [-0.2, 0) is 16.0 Å². The van der Waals surface area contributed by atoms with E-state index in [0.29, 0.717) is 18.7 Å². The monoisotopic (exact) mass is 702 g/mol. The number of rotatable bonds is 14. The van der Waals surface area contributed by atoms with Gasteiger partial charge in [0.05, 0.1) is 44.9 Å². The molecule has 254 valence electrons. The van der Waals surface area contributed by atoms with Gasteiger partial charge in [0.2, 0.25) is 5.95 Å². The highest BCUT2D eigenvalue weighted by atomic mass is 35.5. The van der Waals surface area contributed by atoms with Crippen molar-refractivity contribution in [2.75, 3.05) is 41.8 Å². The van der Waals surface area contributed by atoms with Gasteiger partial charge in [-0.05, 0) is 93.6 Å². The Labute approximate surface area is 281 Å². The smallest absolute Gasteiger partial charge is 0.324 e. The van der Waals surface area contributed by atoms with Gasteiger partial charge < -0.3 is 20.9 Å². The molecule has 0 aliphatic rings. The predicted molar refractivity (Wildman–Crippen MR) is 180 cm³/mol. The predicted octanol–water partition coefficient (Wildman–Crippen LogP) is 7.29. The lowest BCUT2D eigenvalue weighted by Gasteiger charge is -2.15. The minimum atomic E-state index is -4.61. The molecular formula is C33H34ClF3N6O4S.